The Bertz CT molecular complexity index is 802. The number of aryl methyl sites for hydroxylation is 1. The van der Waals surface area contributed by atoms with Crippen LogP contribution in [0.15, 0.2) is 4.34 Å². The summed E-state index contributed by atoms with van der Waals surface area (Å²) in [5.41, 5.74) is 7.10. The Labute approximate surface area is 157 Å². The average molecular weight is 399 g/mol. The maximum absolute atomic E-state index is 12.5. The predicted molar refractivity (Wildman–Crippen MR) is 101 cm³/mol. The van der Waals surface area contributed by atoms with Crippen LogP contribution < -0.4 is 11.1 Å². The molecule has 0 radical (unpaired) electrons. The standard InChI is InChI=1S/C15H18N4O3S3/c1-3-22-13(21)10-8-5-4-6-9(8)24-12(10)17-11(20)7(2)23-15-19-18-14(16)25-15/h7H,3-6H2,1-2H3,(H2,16,18)(H,17,20)/t7-/m0/s1. The maximum atomic E-state index is 12.5. The van der Waals surface area contributed by atoms with E-state index in [9.17, 15) is 9.59 Å². The summed E-state index contributed by atoms with van der Waals surface area (Å²) in [6, 6.07) is 0. The van der Waals surface area contributed by atoms with Crippen LogP contribution in [-0.4, -0.2) is 33.9 Å². The van der Waals surface area contributed by atoms with Crippen molar-refractivity contribution in [2.24, 2.45) is 0 Å². The second kappa shape index (κ2) is 7.71. The van der Waals surface area contributed by atoms with Crippen molar-refractivity contribution in [2.45, 2.75) is 42.7 Å². The lowest BCUT2D eigenvalue weighted by molar-refractivity contribution is -0.115. The summed E-state index contributed by atoms with van der Waals surface area (Å²) in [6.45, 7) is 3.86. The number of nitrogen functional groups attached to an aromatic ring is 1. The minimum Gasteiger partial charge on any atom is -0.462 e. The number of esters is 1. The number of thioether (sulfide) groups is 1. The van der Waals surface area contributed by atoms with E-state index >= 15 is 0 Å². The second-order valence-electron chi connectivity index (χ2n) is 5.44. The van der Waals surface area contributed by atoms with Gasteiger partial charge in [0.15, 0.2) is 4.34 Å². The number of anilines is 2. The summed E-state index contributed by atoms with van der Waals surface area (Å²) in [6.07, 6.45) is 2.83. The number of fused-ring (bicyclic) bond motifs is 1. The quantitative estimate of drug-likeness (QED) is 0.569. The zero-order valence-electron chi connectivity index (χ0n) is 13.8. The van der Waals surface area contributed by atoms with Gasteiger partial charge in [-0.3, -0.25) is 4.79 Å². The molecule has 0 fully saturated rings. The molecule has 0 unspecified atom stereocenters. The van der Waals surface area contributed by atoms with Crippen LogP contribution in [0.3, 0.4) is 0 Å². The van der Waals surface area contributed by atoms with E-state index in [1.54, 1.807) is 13.8 Å². The number of hydrogen-bond acceptors (Lipinski definition) is 9. The summed E-state index contributed by atoms with van der Waals surface area (Å²) < 4.78 is 5.81. The van der Waals surface area contributed by atoms with Crippen LogP contribution in [0.1, 0.15) is 41.1 Å². The van der Waals surface area contributed by atoms with E-state index in [2.05, 4.69) is 15.5 Å². The number of hydrogen-bond donors (Lipinski definition) is 2. The Balaban J connectivity index is 1.75. The van der Waals surface area contributed by atoms with Gasteiger partial charge in [-0.1, -0.05) is 23.1 Å². The molecule has 25 heavy (non-hydrogen) atoms. The van der Waals surface area contributed by atoms with Gasteiger partial charge in [-0.2, -0.15) is 0 Å². The molecule has 1 amide bonds. The van der Waals surface area contributed by atoms with Crippen LogP contribution in [0.25, 0.3) is 0 Å². The molecule has 2 aromatic heterocycles. The minimum absolute atomic E-state index is 0.191. The molecule has 7 nitrogen and oxygen atoms in total. The zero-order valence-corrected chi connectivity index (χ0v) is 16.3. The molecule has 134 valence electrons. The Morgan fingerprint density at radius 1 is 1.36 bits per heavy atom. The summed E-state index contributed by atoms with van der Waals surface area (Å²) >= 11 is 4.00. The Kier molecular flexibility index (Phi) is 5.60. The first kappa shape index (κ1) is 18.2. The predicted octanol–water partition coefficient (Wildman–Crippen LogP) is 2.97. The van der Waals surface area contributed by atoms with Crippen molar-refractivity contribution in [3.8, 4) is 0 Å². The molecule has 0 aliphatic heterocycles. The number of rotatable bonds is 6. The molecule has 0 bridgehead atoms. The number of nitrogens with two attached hydrogens (primary N) is 1. The molecule has 0 aromatic carbocycles. The SMILES string of the molecule is CCOC(=O)c1c(NC(=O)[C@H](C)Sc2nnc(N)s2)sc2c1CCC2. The number of carbonyl (C=O) groups is 2. The van der Waals surface area contributed by atoms with Gasteiger partial charge in [0.1, 0.15) is 5.00 Å². The van der Waals surface area contributed by atoms with Gasteiger partial charge in [0.05, 0.1) is 17.4 Å². The summed E-state index contributed by atoms with van der Waals surface area (Å²) in [5, 5.41) is 11.1. The maximum Gasteiger partial charge on any atom is 0.341 e. The molecule has 0 saturated carbocycles. The van der Waals surface area contributed by atoms with E-state index < -0.39 is 0 Å². The molecule has 1 aliphatic rings. The highest BCUT2D eigenvalue weighted by Gasteiger charge is 2.29. The highest BCUT2D eigenvalue weighted by molar-refractivity contribution is 8.02. The van der Waals surface area contributed by atoms with Gasteiger partial charge in [0.25, 0.3) is 0 Å². The normalized spacial score (nSPS) is 14.2. The van der Waals surface area contributed by atoms with Gasteiger partial charge in [-0.05, 0) is 38.7 Å². The summed E-state index contributed by atoms with van der Waals surface area (Å²) in [4.78, 5) is 26.0. The van der Waals surface area contributed by atoms with E-state index in [4.69, 9.17) is 10.5 Å². The molecule has 2 aromatic rings. The Morgan fingerprint density at radius 2 is 2.16 bits per heavy atom. The lowest BCUT2D eigenvalue weighted by Crippen LogP contribution is -2.23. The van der Waals surface area contributed by atoms with Crippen molar-refractivity contribution in [2.75, 3.05) is 17.7 Å². The largest absolute Gasteiger partial charge is 0.462 e. The Hall–Kier alpha value is -1.65. The molecular formula is C15H18N4O3S3. The number of aromatic nitrogens is 2. The van der Waals surface area contributed by atoms with Crippen LogP contribution in [0.2, 0.25) is 0 Å². The zero-order chi connectivity index (χ0) is 18.0. The summed E-state index contributed by atoms with van der Waals surface area (Å²) in [7, 11) is 0. The number of carbonyl (C=O) groups excluding carboxylic acids is 2. The minimum atomic E-state index is -0.390. The number of ether oxygens (including phenoxy) is 1. The molecule has 1 atom stereocenters. The van der Waals surface area contributed by atoms with Gasteiger partial charge in [-0.15, -0.1) is 21.5 Å². The second-order valence-corrected chi connectivity index (χ2v) is 9.14. The van der Waals surface area contributed by atoms with Crippen LogP contribution in [0.5, 0.6) is 0 Å². The van der Waals surface area contributed by atoms with Crippen molar-refractivity contribution < 1.29 is 14.3 Å². The third-order valence-electron chi connectivity index (χ3n) is 3.71. The fourth-order valence-corrected chi connectivity index (χ4v) is 5.66. The fourth-order valence-electron chi connectivity index (χ4n) is 2.60. The third-order valence-corrected chi connectivity index (χ3v) is 6.85. The smallest absolute Gasteiger partial charge is 0.341 e. The highest BCUT2D eigenvalue weighted by Crippen LogP contribution is 2.40. The molecule has 0 saturated heterocycles. The molecule has 1 aliphatic carbocycles. The third kappa shape index (κ3) is 3.96. The lowest BCUT2D eigenvalue weighted by atomic mass is 10.1. The van der Waals surface area contributed by atoms with E-state index in [0.717, 1.165) is 29.7 Å². The lowest BCUT2D eigenvalue weighted by Gasteiger charge is -2.11. The highest BCUT2D eigenvalue weighted by atomic mass is 32.2. The van der Waals surface area contributed by atoms with Gasteiger partial charge in [-0.25, -0.2) is 4.79 Å². The van der Waals surface area contributed by atoms with Crippen molar-refractivity contribution >= 4 is 56.4 Å². The van der Waals surface area contributed by atoms with Gasteiger partial charge in [0.2, 0.25) is 11.0 Å². The van der Waals surface area contributed by atoms with Crippen molar-refractivity contribution in [1.29, 1.82) is 0 Å². The van der Waals surface area contributed by atoms with Gasteiger partial charge >= 0.3 is 5.97 Å². The van der Waals surface area contributed by atoms with Crippen LogP contribution >= 0.6 is 34.4 Å². The topological polar surface area (TPSA) is 107 Å². The average Bonchev–Trinajstić information content (AvgIpc) is 3.23. The summed E-state index contributed by atoms with van der Waals surface area (Å²) in [5.74, 6) is -0.557. The first-order valence-corrected chi connectivity index (χ1v) is 10.4. The monoisotopic (exact) mass is 398 g/mol. The number of nitrogens with zero attached hydrogens (tertiary/aromatic N) is 2. The number of amides is 1. The van der Waals surface area contributed by atoms with E-state index in [1.165, 1.54) is 34.4 Å². The number of thiophene rings is 1. The van der Waals surface area contributed by atoms with Crippen molar-refractivity contribution in [1.82, 2.24) is 10.2 Å². The van der Waals surface area contributed by atoms with Gasteiger partial charge < -0.3 is 15.8 Å². The molecule has 10 heteroatoms. The fraction of sp³-hybridized carbons (Fsp3) is 0.467. The molecule has 0 spiro atoms. The van der Waals surface area contributed by atoms with E-state index in [0.29, 0.717) is 26.6 Å². The van der Waals surface area contributed by atoms with Crippen molar-refractivity contribution in [3.05, 3.63) is 16.0 Å². The first-order chi connectivity index (χ1) is 12.0. The first-order valence-electron chi connectivity index (χ1n) is 7.87. The molecule has 2 heterocycles. The Morgan fingerprint density at radius 3 is 2.84 bits per heavy atom. The van der Waals surface area contributed by atoms with Gasteiger partial charge in [0, 0.05) is 4.88 Å². The number of nitrogens with one attached hydrogen (secondary N) is 1. The molecular weight excluding hydrogens is 380 g/mol. The molecule has 3 rings (SSSR count). The van der Waals surface area contributed by atoms with E-state index in [1.807, 2.05) is 0 Å². The van der Waals surface area contributed by atoms with E-state index in [-0.39, 0.29) is 17.1 Å². The van der Waals surface area contributed by atoms with Crippen LogP contribution in [0.4, 0.5) is 10.1 Å². The van der Waals surface area contributed by atoms with Crippen molar-refractivity contribution in [3.63, 3.8) is 0 Å². The molecule has 3 N–H and O–H groups in total. The van der Waals surface area contributed by atoms with Crippen LogP contribution in [0, 0.1) is 0 Å². The van der Waals surface area contributed by atoms with Crippen LogP contribution in [-0.2, 0) is 22.4 Å².